The van der Waals surface area contributed by atoms with Gasteiger partial charge in [-0.1, -0.05) is 31.5 Å². The van der Waals surface area contributed by atoms with Gasteiger partial charge in [-0.05, 0) is 12.2 Å². The van der Waals surface area contributed by atoms with E-state index in [2.05, 4.69) is 0 Å². The standard InChI is InChI=1S/C14H20ClNO5S/c1-3-14(4-2)20-12-7-5-6-10(15)8-11(12)13(21-14)9-19-22(16,17)18/h5-6,8,13H,3-4,7,9H2,1-2H3,(H2,16,17,18). The SMILES string of the molecule is CCC1(CC)OC2=C(C=C(Cl)C=CC2)C(COS(N)(=O)=O)O1. The van der Waals surface area contributed by atoms with Crippen molar-refractivity contribution in [2.24, 2.45) is 5.14 Å². The molecule has 2 rings (SSSR count). The van der Waals surface area contributed by atoms with Crippen LogP contribution in [0.5, 0.6) is 0 Å². The summed E-state index contributed by atoms with van der Waals surface area (Å²) in [4.78, 5) is 0. The Hall–Kier alpha value is -0.860. The molecule has 0 radical (unpaired) electrons. The average molecular weight is 350 g/mol. The Balaban J connectivity index is 2.36. The van der Waals surface area contributed by atoms with Gasteiger partial charge < -0.3 is 9.47 Å². The Morgan fingerprint density at radius 2 is 2.14 bits per heavy atom. The number of nitrogens with two attached hydrogens (primary N) is 1. The lowest BCUT2D eigenvalue weighted by atomic mass is 10.0. The second-order valence-corrected chi connectivity index (χ2v) is 6.78. The minimum atomic E-state index is -4.05. The third kappa shape index (κ3) is 4.11. The summed E-state index contributed by atoms with van der Waals surface area (Å²) < 4.78 is 38.9. The number of ether oxygens (including phenoxy) is 2. The largest absolute Gasteiger partial charge is 0.466 e. The molecule has 22 heavy (non-hydrogen) atoms. The molecular weight excluding hydrogens is 330 g/mol. The maximum Gasteiger partial charge on any atom is 0.333 e. The first kappa shape index (κ1) is 17.5. The molecule has 8 heteroatoms. The minimum absolute atomic E-state index is 0.219. The fourth-order valence-corrected chi connectivity index (χ4v) is 2.98. The van der Waals surface area contributed by atoms with Crippen LogP contribution in [0.1, 0.15) is 33.1 Å². The van der Waals surface area contributed by atoms with Crippen LogP contribution >= 0.6 is 11.6 Å². The summed E-state index contributed by atoms with van der Waals surface area (Å²) in [5.74, 6) is -0.0890. The zero-order valence-corrected chi connectivity index (χ0v) is 14.1. The van der Waals surface area contributed by atoms with Crippen molar-refractivity contribution in [2.75, 3.05) is 6.61 Å². The number of halogens is 1. The van der Waals surface area contributed by atoms with Gasteiger partial charge in [-0.3, -0.25) is 4.18 Å². The van der Waals surface area contributed by atoms with E-state index in [1.807, 2.05) is 19.9 Å². The maximum atomic E-state index is 11.1. The second-order valence-electron chi connectivity index (χ2n) is 5.12. The smallest absolute Gasteiger partial charge is 0.333 e. The maximum absolute atomic E-state index is 11.1. The third-order valence-corrected chi connectivity index (χ3v) is 4.37. The van der Waals surface area contributed by atoms with Crippen molar-refractivity contribution < 1.29 is 22.1 Å². The van der Waals surface area contributed by atoms with Crippen molar-refractivity contribution in [1.82, 2.24) is 0 Å². The fourth-order valence-electron chi connectivity index (χ4n) is 2.46. The van der Waals surface area contributed by atoms with Gasteiger partial charge in [-0.25, -0.2) is 5.14 Å². The highest BCUT2D eigenvalue weighted by Gasteiger charge is 2.40. The fraction of sp³-hybridized carbons (Fsp3) is 0.571. The summed E-state index contributed by atoms with van der Waals surface area (Å²) in [7, 11) is -4.05. The predicted octanol–water partition coefficient (Wildman–Crippen LogP) is 2.47. The molecule has 2 N–H and O–H groups in total. The highest BCUT2D eigenvalue weighted by molar-refractivity contribution is 7.84. The van der Waals surface area contributed by atoms with Crippen LogP contribution < -0.4 is 5.14 Å². The summed E-state index contributed by atoms with van der Waals surface area (Å²) in [5, 5.41) is 5.42. The van der Waals surface area contributed by atoms with Crippen molar-refractivity contribution in [2.45, 2.75) is 45.0 Å². The molecular formula is C14H20ClNO5S. The Kier molecular flexibility index (Phi) is 5.34. The first-order valence-corrected chi connectivity index (χ1v) is 8.94. The van der Waals surface area contributed by atoms with Crippen LogP contribution in [0.3, 0.4) is 0 Å². The van der Waals surface area contributed by atoms with Gasteiger partial charge in [0.2, 0.25) is 5.79 Å². The van der Waals surface area contributed by atoms with Crippen molar-refractivity contribution in [1.29, 1.82) is 0 Å². The van der Waals surface area contributed by atoms with Gasteiger partial charge in [-0.2, -0.15) is 8.42 Å². The molecule has 1 aliphatic heterocycles. The number of rotatable bonds is 5. The van der Waals surface area contributed by atoms with E-state index < -0.39 is 22.2 Å². The summed E-state index contributed by atoms with van der Waals surface area (Å²) in [6.07, 6.45) is 6.53. The highest BCUT2D eigenvalue weighted by atomic mass is 35.5. The molecule has 0 aromatic heterocycles. The zero-order valence-electron chi connectivity index (χ0n) is 12.5. The third-order valence-electron chi connectivity index (χ3n) is 3.67. The zero-order chi connectivity index (χ0) is 16.4. The number of hydrogen-bond donors (Lipinski definition) is 1. The van der Waals surface area contributed by atoms with E-state index in [9.17, 15) is 8.42 Å². The molecule has 1 heterocycles. The summed E-state index contributed by atoms with van der Waals surface area (Å²) in [6, 6.07) is 0. The van der Waals surface area contributed by atoms with Gasteiger partial charge in [0.1, 0.15) is 11.9 Å². The molecule has 0 bridgehead atoms. The predicted molar refractivity (Wildman–Crippen MR) is 83.0 cm³/mol. The molecule has 1 unspecified atom stereocenters. The van der Waals surface area contributed by atoms with Gasteiger partial charge in [0, 0.05) is 29.9 Å². The number of allylic oxidation sites excluding steroid dienone is 3. The number of hydrogen-bond acceptors (Lipinski definition) is 5. The van der Waals surface area contributed by atoms with E-state index in [4.69, 9.17) is 30.4 Å². The summed E-state index contributed by atoms with van der Waals surface area (Å²) >= 11 is 6.08. The molecule has 2 aliphatic rings. The van der Waals surface area contributed by atoms with Crippen LogP contribution in [0, 0.1) is 0 Å². The Labute approximate surface area is 135 Å². The van der Waals surface area contributed by atoms with E-state index in [-0.39, 0.29) is 6.61 Å². The molecule has 0 fully saturated rings. The van der Waals surface area contributed by atoms with E-state index in [0.717, 1.165) is 0 Å². The topological polar surface area (TPSA) is 87.9 Å². The quantitative estimate of drug-likeness (QED) is 0.823. The minimum Gasteiger partial charge on any atom is -0.466 e. The summed E-state index contributed by atoms with van der Waals surface area (Å²) in [6.45, 7) is 3.67. The van der Waals surface area contributed by atoms with Crippen molar-refractivity contribution >= 4 is 21.9 Å². The molecule has 0 saturated heterocycles. The average Bonchev–Trinajstić information content (AvgIpc) is 2.64. The molecule has 0 aromatic carbocycles. The summed E-state index contributed by atoms with van der Waals surface area (Å²) in [5.41, 5.74) is 0.677. The first-order valence-electron chi connectivity index (χ1n) is 7.09. The van der Waals surface area contributed by atoms with Crippen LogP contribution in [-0.4, -0.2) is 26.9 Å². The van der Waals surface area contributed by atoms with Crippen molar-refractivity contribution in [3.8, 4) is 0 Å². The molecule has 6 nitrogen and oxygen atoms in total. The van der Waals surface area contributed by atoms with Crippen molar-refractivity contribution in [3.63, 3.8) is 0 Å². The van der Waals surface area contributed by atoms with Gasteiger partial charge in [-0.15, -0.1) is 0 Å². The molecule has 0 amide bonds. The molecule has 124 valence electrons. The van der Waals surface area contributed by atoms with Gasteiger partial charge in [0.15, 0.2) is 0 Å². The van der Waals surface area contributed by atoms with Crippen LogP contribution in [0.4, 0.5) is 0 Å². The van der Waals surface area contributed by atoms with Gasteiger partial charge >= 0.3 is 10.3 Å². The Bertz CT molecular complexity index is 619. The van der Waals surface area contributed by atoms with E-state index in [0.29, 0.717) is 35.6 Å². The molecule has 0 aromatic rings. The normalized spacial score (nSPS) is 24.4. The highest BCUT2D eigenvalue weighted by Crippen LogP contribution is 2.39. The first-order chi connectivity index (χ1) is 10.3. The lowest BCUT2D eigenvalue weighted by Crippen LogP contribution is -2.45. The molecule has 0 saturated carbocycles. The van der Waals surface area contributed by atoms with Crippen LogP contribution in [0.25, 0.3) is 0 Å². The Morgan fingerprint density at radius 3 is 2.73 bits per heavy atom. The molecule has 1 aliphatic carbocycles. The lowest BCUT2D eigenvalue weighted by Gasteiger charge is -2.41. The van der Waals surface area contributed by atoms with Gasteiger partial charge in [0.25, 0.3) is 0 Å². The van der Waals surface area contributed by atoms with Crippen LogP contribution in [-0.2, 0) is 24.0 Å². The molecule has 1 atom stereocenters. The van der Waals surface area contributed by atoms with E-state index >= 15 is 0 Å². The van der Waals surface area contributed by atoms with Crippen LogP contribution in [0.2, 0.25) is 0 Å². The van der Waals surface area contributed by atoms with E-state index in [1.54, 1.807) is 12.2 Å². The van der Waals surface area contributed by atoms with E-state index in [1.165, 1.54) is 0 Å². The van der Waals surface area contributed by atoms with Gasteiger partial charge in [0.05, 0.1) is 6.61 Å². The molecule has 0 spiro atoms. The monoisotopic (exact) mass is 349 g/mol. The van der Waals surface area contributed by atoms with Crippen LogP contribution in [0.15, 0.2) is 34.6 Å². The lowest BCUT2D eigenvalue weighted by molar-refractivity contribution is -0.256. The van der Waals surface area contributed by atoms with Crippen molar-refractivity contribution in [3.05, 3.63) is 34.6 Å². The Morgan fingerprint density at radius 1 is 1.45 bits per heavy atom. The second kappa shape index (κ2) is 6.72.